The molecule has 1 aromatic carbocycles. The zero-order valence-electron chi connectivity index (χ0n) is 12.7. The van der Waals surface area contributed by atoms with Crippen molar-refractivity contribution < 1.29 is 4.79 Å². The third-order valence-corrected chi connectivity index (χ3v) is 4.02. The van der Waals surface area contributed by atoms with E-state index in [4.69, 9.17) is 0 Å². The van der Waals surface area contributed by atoms with Crippen molar-refractivity contribution in [2.45, 2.75) is 32.6 Å². The van der Waals surface area contributed by atoms with Crippen LogP contribution in [0, 0.1) is 0 Å². The standard InChI is InChI=1S/C18H19N3O/c1-13(20-21-18(22)17-7-4-10-19-12-17)15-9-8-14-5-2-3-6-16(14)11-15/h4,7-12H,2-3,5-6H2,1H3,(H,21,22)/b20-13-. The number of benzene rings is 1. The summed E-state index contributed by atoms with van der Waals surface area (Å²) >= 11 is 0. The minimum atomic E-state index is -0.245. The Balaban J connectivity index is 1.73. The number of hydrogen-bond donors (Lipinski definition) is 1. The molecule has 1 aliphatic carbocycles. The fourth-order valence-corrected chi connectivity index (χ4v) is 2.72. The average Bonchev–Trinajstić information content (AvgIpc) is 2.59. The van der Waals surface area contributed by atoms with Crippen molar-refractivity contribution in [2.75, 3.05) is 0 Å². The Bertz CT molecular complexity index is 708. The number of nitrogens with zero attached hydrogens (tertiary/aromatic N) is 2. The van der Waals surface area contributed by atoms with Crippen LogP contribution in [0.1, 0.15) is 46.8 Å². The summed E-state index contributed by atoms with van der Waals surface area (Å²) < 4.78 is 0. The lowest BCUT2D eigenvalue weighted by Crippen LogP contribution is -2.19. The Kier molecular flexibility index (Phi) is 4.28. The van der Waals surface area contributed by atoms with E-state index in [0.29, 0.717) is 5.56 Å². The first kappa shape index (κ1) is 14.4. The number of aryl methyl sites for hydroxylation is 2. The van der Waals surface area contributed by atoms with Crippen LogP contribution in [0.2, 0.25) is 0 Å². The molecule has 4 nitrogen and oxygen atoms in total. The summed E-state index contributed by atoms with van der Waals surface area (Å²) in [7, 11) is 0. The van der Waals surface area contributed by atoms with Gasteiger partial charge in [0, 0.05) is 12.4 Å². The maximum Gasteiger partial charge on any atom is 0.272 e. The van der Waals surface area contributed by atoms with E-state index < -0.39 is 0 Å². The summed E-state index contributed by atoms with van der Waals surface area (Å²) in [5.74, 6) is -0.245. The fraction of sp³-hybridized carbons (Fsp3) is 0.278. The summed E-state index contributed by atoms with van der Waals surface area (Å²) in [6.07, 6.45) is 8.00. The number of nitrogens with one attached hydrogen (secondary N) is 1. The topological polar surface area (TPSA) is 54.4 Å². The maximum absolute atomic E-state index is 12.0. The SMILES string of the molecule is C/C(=N/NC(=O)c1cccnc1)c1ccc2c(c1)CCCC2. The molecule has 1 heterocycles. The van der Waals surface area contributed by atoms with Crippen LogP contribution < -0.4 is 5.43 Å². The maximum atomic E-state index is 12.0. The summed E-state index contributed by atoms with van der Waals surface area (Å²) in [6, 6.07) is 9.91. The van der Waals surface area contributed by atoms with Crippen molar-refractivity contribution in [1.82, 2.24) is 10.4 Å². The van der Waals surface area contributed by atoms with Gasteiger partial charge in [-0.05, 0) is 67.5 Å². The number of amides is 1. The van der Waals surface area contributed by atoms with E-state index >= 15 is 0 Å². The molecule has 0 unspecified atom stereocenters. The number of carbonyl (C=O) groups is 1. The first-order chi connectivity index (χ1) is 10.7. The second-order valence-corrected chi connectivity index (χ2v) is 5.57. The largest absolute Gasteiger partial charge is 0.272 e. The number of pyridine rings is 1. The van der Waals surface area contributed by atoms with Gasteiger partial charge in [0.1, 0.15) is 0 Å². The Morgan fingerprint density at radius 2 is 1.95 bits per heavy atom. The molecular formula is C18H19N3O. The van der Waals surface area contributed by atoms with Crippen molar-refractivity contribution >= 4 is 11.6 Å². The molecule has 2 aromatic rings. The van der Waals surface area contributed by atoms with Gasteiger partial charge in [-0.15, -0.1) is 0 Å². The smallest absolute Gasteiger partial charge is 0.267 e. The van der Waals surface area contributed by atoms with Gasteiger partial charge in [0.15, 0.2) is 0 Å². The van der Waals surface area contributed by atoms with Gasteiger partial charge in [-0.3, -0.25) is 9.78 Å². The summed E-state index contributed by atoms with van der Waals surface area (Å²) in [6.45, 7) is 1.91. The van der Waals surface area contributed by atoms with Gasteiger partial charge in [-0.25, -0.2) is 5.43 Å². The lowest BCUT2D eigenvalue weighted by atomic mass is 9.90. The highest BCUT2D eigenvalue weighted by Crippen LogP contribution is 2.22. The van der Waals surface area contributed by atoms with Gasteiger partial charge in [0.25, 0.3) is 5.91 Å². The monoisotopic (exact) mass is 293 g/mol. The molecule has 0 fully saturated rings. The molecule has 0 radical (unpaired) electrons. The molecule has 0 spiro atoms. The van der Waals surface area contributed by atoms with Crippen LogP contribution in [0.4, 0.5) is 0 Å². The summed E-state index contributed by atoms with van der Waals surface area (Å²) in [5, 5.41) is 4.21. The molecule has 0 saturated heterocycles. The predicted molar refractivity (Wildman–Crippen MR) is 87.0 cm³/mol. The predicted octanol–water partition coefficient (Wildman–Crippen LogP) is 3.11. The number of hydrogen-bond acceptors (Lipinski definition) is 3. The number of hydrazone groups is 1. The van der Waals surface area contributed by atoms with Crippen LogP contribution in [-0.4, -0.2) is 16.6 Å². The van der Waals surface area contributed by atoms with Crippen LogP contribution in [0.5, 0.6) is 0 Å². The van der Waals surface area contributed by atoms with Gasteiger partial charge in [0.2, 0.25) is 0 Å². The van der Waals surface area contributed by atoms with E-state index in [-0.39, 0.29) is 5.91 Å². The zero-order valence-corrected chi connectivity index (χ0v) is 12.7. The molecule has 0 atom stereocenters. The second kappa shape index (κ2) is 6.52. The van der Waals surface area contributed by atoms with Crippen molar-refractivity contribution in [3.63, 3.8) is 0 Å². The lowest BCUT2D eigenvalue weighted by molar-refractivity contribution is 0.0954. The third kappa shape index (κ3) is 3.22. The van der Waals surface area contributed by atoms with Gasteiger partial charge < -0.3 is 0 Å². The van der Waals surface area contributed by atoms with Crippen molar-refractivity contribution in [1.29, 1.82) is 0 Å². The third-order valence-electron chi connectivity index (χ3n) is 4.02. The Morgan fingerprint density at radius 1 is 1.14 bits per heavy atom. The average molecular weight is 293 g/mol. The molecule has 1 aliphatic rings. The fourth-order valence-electron chi connectivity index (χ4n) is 2.72. The highest BCUT2D eigenvalue weighted by Gasteiger charge is 2.10. The van der Waals surface area contributed by atoms with E-state index in [1.807, 2.05) is 6.92 Å². The lowest BCUT2D eigenvalue weighted by Gasteiger charge is -2.16. The van der Waals surface area contributed by atoms with Gasteiger partial charge in [-0.1, -0.05) is 12.1 Å². The van der Waals surface area contributed by atoms with E-state index in [1.54, 1.807) is 18.3 Å². The molecule has 112 valence electrons. The van der Waals surface area contributed by atoms with Crippen LogP contribution in [0.25, 0.3) is 0 Å². The first-order valence-corrected chi connectivity index (χ1v) is 7.61. The van der Waals surface area contributed by atoms with Crippen molar-refractivity contribution in [3.05, 3.63) is 65.0 Å². The number of fused-ring (bicyclic) bond motifs is 1. The highest BCUT2D eigenvalue weighted by atomic mass is 16.2. The van der Waals surface area contributed by atoms with Gasteiger partial charge >= 0.3 is 0 Å². The van der Waals surface area contributed by atoms with E-state index in [1.165, 1.54) is 36.6 Å². The minimum Gasteiger partial charge on any atom is -0.267 e. The van der Waals surface area contributed by atoms with E-state index in [0.717, 1.165) is 17.7 Å². The number of rotatable bonds is 3. The van der Waals surface area contributed by atoms with Crippen LogP contribution in [0.3, 0.4) is 0 Å². The van der Waals surface area contributed by atoms with Crippen LogP contribution in [-0.2, 0) is 12.8 Å². The molecule has 1 aromatic heterocycles. The molecular weight excluding hydrogens is 274 g/mol. The summed E-state index contributed by atoms with van der Waals surface area (Å²) in [4.78, 5) is 15.9. The highest BCUT2D eigenvalue weighted by molar-refractivity contribution is 6.00. The Labute approximate surface area is 130 Å². The minimum absolute atomic E-state index is 0.245. The molecule has 0 bridgehead atoms. The van der Waals surface area contributed by atoms with Gasteiger partial charge in [0.05, 0.1) is 11.3 Å². The Morgan fingerprint density at radius 3 is 2.73 bits per heavy atom. The van der Waals surface area contributed by atoms with Crippen molar-refractivity contribution in [3.8, 4) is 0 Å². The van der Waals surface area contributed by atoms with E-state index in [2.05, 4.69) is 33.7 Å². The quantitative estimate of drug-likeness (QED) is 0.698. The van der Waals surface area contributed by atoms with E-state index in [9.17, 15) is 4.79 Å². The van der Waals surface area contributed by atoms with Gasteiger partial charge in [-0.2, -0.15) is 5.10 Å². The zero-order chi connectivity index (χ0) is 15.4. The van der Waals surface area contributed by atoms with Crippen LogP contribution in [0.15, 0.2) is 47.8 Å². The van der Waals surface area contributed by atoms with Crippen molar-refractivity contribution in [2.24, 2.45) is 5.10 Å². The number of carbonyl (C=O) groups excluding carboxylic acids is 1. The second-order valence-electron chi connectivity index (χ2n) is 5.57. The molecule has 1 amide bonds. The molecule has 0 saturated carbocycles. The normalized spacial score (nSPS) is 14.3. The Hall–Kier alpha value is -2.49. The summed E-state index contributed by atoms with van der Waals surface area (Å²) in [5.41, 5.74) is 7.82. The molecule has 4 heteroatoms. The number of aromatic nitrogens is 1. The molecule has 3 rings (SSSR count). The molecule has 22 heavy (non-hydrogen) atoms. The first-order valence-electron chi connectivity index (χ1n) is 7.61. The molecule has 0 aliphatic heterocycles. The molecule has 1 N–H and O–H groups in total. The van der Waals surface area contributed by atoms with Crippen LogP contribution >= 0.6 is 0 Å².